The second-order valence-electron chi connectivity index (χ2n) is 6.53. The Bertz CT molecular complexity index is 984. The van der Waals surface area contributed by atoms with Crippen LogP contribution >= 0.6 is 15.9 Å². The van der Waals surface area contributed by atoms with E-state index in [-0.39, 0.29) is 5.75 Å². The summed E-state index contributed by atoms with van der Waals surface area (Å²) in [5.41, 5.74) is 8.20. The molecule has 144 valence electrons. The van der Waals surface area contributed by atoms with Crippen LogP contribution in [0.25, 0.3) is 11.3 Å². The van der Waals surface area contributed by atoms with Gasteiger partial charge >= 0.3 is 0 Å². The first-order chi connectivity index (χ1) is 13.6. The molecule has 0 bridgehead atoms. The fraction of sp³-hybridized carbons (Fsp3) is 0.263. The van der Waals surface area contributed by atoms with Gasteiger partial charge in [0.15, 0.2) is 10.6 Å². The number of nitrogens with zero attached hydrogens (tertiary/aromatic N) is 6. The first kappa shape index (κ1) is 18.4. The fourth-order valence-corrected chi connectivity index (χ4v) is 3.66. The molecule has 1 aliphatic heterocycles. The number of rotatable bonds is 3. The monoisotopic (exact) mass is 441 g/mol. The van der Waals surface area contributed by atoms with Gasteiger partial charge in [-0.1, -0.05) is 12.1 Å². The fourth-order valence-electron chi connectivity index (χ4n) is 3.36. The minimum absolute atomic E-state index is 0.170. The molecule has 0 radical (unpaired) electrons. The molecule has 9 heteroatoms. The van der Waals surface area contributed by atoms with Crippen LogP contribution in [0.3, 0.4) is 0 Å². The molecular formula is C19H20BrN7O. The van der Waals surface area contributed by atoms with Crippen LogP contribution in [0.4, 0.5) is 17.3 Å². The van der Waals surface area contributed by atoms with Crippen LogP contribution in [-0.4, -0.2) is 51.5 Å². The first-order valence-corrected chi connectivity index (χ1v) is 9.81. The summed E-state index contributed by atoms with van der Waals surface area (Å²) in [5, 5.41) is 18.4. The average Bonchev–Trinajstić information content (AvgIpc) is 2.95. The van der Waals surface area contributed by atoms with E-state index < -0.39 is 0 Å². The standard InChI is InChI=1S/C19H20BrN7O/c20-19-22-7-6-17(23-19)27-9-3-8-26(10-11-27)15-12-14(24-25-18(15)21)13-4-1-2-5-16(13)28/h1-2,4-7,12,28H,3,8-11H2,(H2,21,25). The van der Waals surface area contributed by atoms with Crippen molar-refractivity contribution < 1.29 is 5.11 Å². The molecule has 4 rings (SSSR count). The summed E-state index contributed by atoms with van der Waals surface area (Å²) >= 11 is 3.33. The number of anilines is 3. The summed E-state index contributed by atoms with van der Waals surface area (Å²) in [6.45, 7) is 3.32. The number of aromatic nitrogens is 4. The highest BCUT2D eigenvalue weighted by atomic mass is 79.9. The number of benzene rings is 1. The molecule has 1 aliphatic rings. The molecule has 1 aromatic carbocycles. The van der Waals surface area contributed by atoms with Gasteiger partial charge in [-0.2, -0.15) is 0 Å². The number of para-hydroxylation sites is 1. The van der Waals surface area contributed by atoms with E-state index in [1.165, 1.54) is 0 Å². The zero-order valence-corrected chi connectivity index (χ0v) is 16.7. The largest absolute Gasteiger partial charge is 0.507 e. The number of hydrogen-bond donors (Lipinski definition) is 2. The number of nitrogens with two attached hydrogens (primary N) is 1. The van der Waals surface area contributed by atoms with Gasteiger partial charge in [0, 0.05) is 37.9 Å². The van der Waals surface area contributed by atoms with E-state index in [0.717, 1.165) is 44.1 Å². The topological polar surface area (TPSA) is 104 Å². The summed E-state index contributed by atoms with van der Waals surface area (Å²) in [4.78, 5) is 13.0. The number of halogens is 1. The van der Waals surface area contributed by atoms with Gasteiger partial charge in [0.05, 0.1) is 11.4 Å². The zero-order chi connectivity index (χ0) is 19.5. The third-order valence-electron chi connectivity index (χ3n) is 4.75. The van der Waals surface area contributed by atoms with Crippen molar-refractivity contribution in [3.05, 3.63) is 47.3 Å². The van der Waals surface area contributed by atoms with E-state index in [1.807, 2.05) is 24.3 Å². The van der Waals surface area contributed by atoms with Gasteiger partial charge in [-0.25, -0.2) is 9.97 Å². The summed E-state index contributed by atoms with van der Waals surface area (Å²) in [5.74, 6) is 1.46. The minimum atomic E-state index is 0.170. The highest BCUT2D eigenvalue weighted by Gasteiger charge is 2.20. The van der Waals surface area contributed by atoms with Gasteiger partial charge in [-0.3, -0.25) is 0 Å². The molecule has 8 nitrogen and oxygen atoms in total. The molecule has 0 aliphatic carbocycles. The SMILES string of the molecule is Nc1nnc(-c2ccccc2O)cc1N1CCCN(c2ccnc(Br)n2)CC1. The summed E-state index contributed by atoms with van der Waals surface area (Å²) in [6.07, 6.45) is 2.70. The molecular weight excluding hydrogens is 422 g/mol. The Hall–Kier alpha value is -2.94. The average molecular weight is 442 g/mol. The minimum Gasteiger partial charge on any atom is -0.507 e. The maximum atomic E-state index is 10.1. The quantitative estimate of drug-likeness (QED) is 0.597. The van der Waals surface area contributed by atoms with Gasteiger partial charge in [0.1, 0.15) is 11.6 Å². The summed E-state index contributed by atoms with van der Waals surface area (Å²) < 4.78 is 0.584. The zero-order valence-electron chi connectivity index (χ0n) is 15.2. The number of phenols is 1. The smallest absolute Gasteiger partial charge is 0.198 e. The Morgan fingerprint density at radius 3 is 2.61 bits per heavy atom. The summed E-state index contributed by atoms with van der Waals surface area (Å²) in [7, 11) is 0. The molecule has 3 N–H and O–H groups in total. The maximum absolute atomic E-state index is 10.1. The molecule has 2 aromatic heterocycles. The van der Waals surface area contributed by atoms with Crippen LogP contribution in [-0.2, 0) is 0 Å². The van der Waals surface area contributed by atoms with Crippen molar-refractivity contribution in [1.82, 2.24) is 20.2 Å². The molecule has 28 heavy (non-hydrogen) atoms. The lowest BCUT2D eigenvalue weighted by molar-refractivity contribution is 0.477. The lowest BCUT2D eigenvalue weighted by Gasteiger charge is -2.25. The Balaban J connectivity index is 1.58. The molecule has 3 aromatic rings. The lowest BCUT2D eigenvalue weighted by Crippen LogP contribution is -2.31. The second-order valence-corrected chi connectivity index (χ2v) is 7.24. The van der Waals surface area contributed by atoms with Crippen LogP contribution in [0, 0.1) is 0 Å². The highest BCUT2D eigenvalue weighted by molar-refractivity contribution is 9.10. The van der Waals surface area contributed by atoms with Crippen LogP contribution in [0.2, 0.25) is 0 Å². The van der Waals surface area contributed by atoms with Crippen molar-refractivity contribution in [2.45, 2.75) is 6.42 Å². The Morgan fingerprint density at radius 2 is 1.79 bits per heavy atom. The molecule has 0 spiro atoms. The van der Waals surface area contributed by atoms with Gasteiger partial charge in [-0.15, -0.1) is 10.2 Å². The van der Waals surface area contributed by atoms with Crippen molar-refractivity contribution >= 4 is 33.3 Å². The number of nitrogen functional groups attached to an aromatic ring is 1. The summed E-state index contributed by atoms with van der Waals surface area (Å²) in [6, 6.07) is 10.9. The molecule has 1 saturated heterocycles. The van der Waals surface area contributed by atoms with Crippen molar-refractivity contribution in [2.24, 2.45) is 0 Å². The van der Waals surface area contributed by atoms with Crippen LogP contribution in [0.15, 0.2) is 47.3 Å². The maximum Gasteiger partial charge on any atom is 0.198 e. The molecule has 3 heterocycles. The number of aromatic hydroxyl groups is 1. The predicted octanol–water partition coefficient (Wildman–Crippen LogP) is 2.70. The molecule has 0 amide bonds. The highest BCUT2D eigenvalue weighted by Crippen LogP contribution is 2.31. The second kappa shape index (κ2) is 7.97. The van der Waals surface area contributed by atoms with Crippen LogP contribution < -0.4 is 15.5 Å². The van der Waals surface area contributed by atoms with Crippen molar-refractivity contribution in [3.63, 3.8) is 0 Å². The van der Waals surface area contributed by atoms with Crippen molar-refractivity contribution in [2.75, 3.05) is 41.7 Å². The number of hydrogen-bond acceptors (Lipinski definition) is 8. The van der Waals surface area contributed by atoms with Gasteiger partial charge < -0.3 is 20.6 Å². The van der Waals surface area contributed by atoms with E-state index in [0.29, 0.717) is 21.8 Å². The van der Waals surface area contributed by atoms with Gasteiger partial charge in [0.25, 0.3) is 0 Å². The molecule has 0 atom stereocenters. The Kier molecular flexibility index (Phi) is 5.25. The van der Waals surface area contributed by atoms with E-state index in [1.54, 1.807) is 18.3 Å². The van der Waals surface area contributed by atoms with E-state index in [4.69, 9.17) is 5.73 Å². The van der Waals surface area contributed by atoms with Crippen molar-refractivity contribution in [1.29, 1.82) is 0 Å². The third-order valence-corrected chi connectivity index (χ3v) is 5.14. The van der Waals surface area contributed by atoms with Crippen LogP contribution in [0.1, 0.15) is 6.42 Å². The molecule has 0 unspecified atom stereocenters. The third kappa shape index (κ3) is 3.84. The van der Waals surface area contributed by atoms with E-state index in [9.17, 15) is 5.11 Å². The number of phenolic OH excluding ortho intramolecular Hbond substituents is 1. The van der Waals surface area contributed by atoms with Gasteiger partial charge in [-0.05, 0) is 46.6 Å². The molecule has 0 saturated carbocycles. The van der Waals surface area contributed by atoms with Gasteiger partial charge in [0.2, 0.25) is 0 Å². The van der Waals surface area contributed by atoms with E-state index >= 15 is 0 Å². The van der Waals surface area contributed by atoms with E-state index in [2.05, 4.69) is 45.9 Å². The lowest BCUT2D eigenvalue weighted by atomic mass is 10.1. The first-order valence-electron chi connectivity index (χ1n) is 9.02. The Morgan fingerprint density at radius 1 is 1.00 bits per heavy atom. The molecule has 1 fully saturated rings. The normalized spacial score (nSPS) is 14.8. The predicted molar refractivity (Wildman–Crippen MR) is 112 cm³/mol. The van der Waals surface area contributed by atoms with Crippen molar-refractivity contribution in [3.8, 4) is 17.0 Å². The van der Waals surface area contributed by atoms with Crippen LogP contribution in [0.5, 0.6) is 5.75 Å². The Labute approximate surface area is 171 Å².